The zero-order valence-electron chi connectivity index (χ0n) is 19.5. The van der Waals surface area contributed by atoms with Gasteiger partial charge in [-0.25, -0.2) is 0 Å². The number of allylic oxidation sites excluding steroid dienone is 3. The number of carbonyl (C=O) groups is 1. The van der Waals surface area contributed by atoms with E-state index in [1.54, 1.807) is 12.3 Å². The van der Waals surface area contributed by atoms with Gasteiger partial charge in [-0.15, -0.1) is 0 Å². The Balaban J connectivity index is 1.59. The van der Waals surface area contributed by atoms with Crippen LogP contribution in [0.3, 0.4) is 0 Å². The third kappa shape index (κ3) is 4.74. The van der Waals surface area contributed by atoms with Crippen molar-refractivity contribution in [3.05, 3.63) is 88.5 Å². The molecule has 0 saturated heterocycles. The van der Waals surface area contributed by atoms with E-state index in [9.17, 15) is 9.59 Å². The number of Topliss-reactive ketones (excluding diaryl/α,β-unsaturated/α-hetero) is 1. The zero-order valence-corrected chi connectivity index (χ0v) is 19.5. The van der Waals surface area contributed by atoms with Gasteiger partial charge in [-0.3, -0.25) is 19.1 Å². The number of carbonyl (C=O) groups excluding carboxylic acids is 1. The Morgan fingerprint density at radius 3 is 2.65 bits per heavy atom. The number of nitrogens with zero attached hydrogens (tertiary/aromatic N) is 2. The summed E-state index contributed by atoms with van der Waals surface area (Å²) < 4.78 is 2.10. The number of para-hydroxylation sites is 1. The van der Waals surface area contributed by atoms with E-state index in [0.717, 1.165) is 61.0 Å². The summed E-state index contributed by atoms with van der Waals surface area (Å²) in [4.78, 5) is 30.5. The Kier molecular flexibility index (Phi) is 6.70. The minimum Gasteiger partial charge on any atom is -0.342 e. The molecule has 2 aromatic heterocycles. The second kappa shape index (κ2) is 10.2. The minimum absolute atomic E-state index is 0.0713. The fourth-order valence-electron chi connectivity index (χ4n) is 5.19. The number of pyridine rings is 2. The van der Waals surface area contributed by atoms with Gasteiger partial charge in [0.1, 0.15) is 11.6 Å². The van der Waals surface area contributed by atoms with Crippen LogP contribution in [-0.4, -0.2) is 15.3 Å². The molecule has 0 atom stereocenters. The predicted octanol–water partition coefficient (Wildman–Crippen LogP) is 6.11. The van der Waals surface area contributed by atoms with Crippen molar-refractivity contribution in [2.24, 2.45) is 5.92 Å². The van der Waals surface area contributed by atoms with Crippen molar-refractivity contribution in [3.8, 4) is 5.69 Å². The average molecular weight is 454 g/mol. The number of aryl methyl sites for hydroxylation is 1. The normalized spacial score (nSPS) is 16.4. The Morgan fingerprint density at radius 1 is 1.06 bits per heavy atom. The third-order valence-electron chi connectivity index (χ3n) is 6.97. The maximum Gasteiger partial charge on any atom is 0.193 e. The molecule has 174 valence electrons. The van der Waals surface area contributed by atoms with E-state index in [4.69, 9.17) is 0 Å². The smallest absolute Gasteiger partial charge is 0.193 e. The highest BCUT2D eigenvalue weighted by Gasteiger charge is 2.22. The maximum absolute atomic E-state index is 13.2. The minimum atomic E-state index is -0.0713. The van der Waals surface area contributed by atoms with Crippen LogP contribution in [0.25, 0.3) is 16.6 Å². The van der Waals surface area contributed by atoms with Crippen molar-refractivity contribution < 1.29 is 4.79 Å². The van der Waals surface area contributed by atoms with Crippen LogP contribution in [0.2, 0.25) is 0 Å². The molecular weight excluding hydrogens is 422 g/mol. The zero-order chi connectivity index (χ0) is 23.3. The van der Waals surface area contributed by atoms with Gasteiger partial charge in [0.25, 0.3) is 0 Å². The standard InChI is InChI=1S/C29H31N3O2/c33-26(21-10-4-1-5-11-21)17-16-22-19-30-20-25-27(34)18-28(31-23-12-6-2-7-13-23)32(29(22)25)24-14-8-3-9-15-24/h3,6,8-9,12-15,18-21,31H,1-2,4-5,7,10-11,16-17H2. The van der Waals surface area contributed by atoms with E-state index in [-0.39, 0.29) is 11.3 Å². The summed E-state index contributed by atoms with van der Waals surface area (Å²) in [5.41, 5.74) is 3.63. The predicted molar refractivity (Wildman–Crippen MR) is 137 cm³/mol. The molecule has 0 unspecified atom stereocenters. The highest BCUT2D eigenvalue weighted by Crippen LogP contribution is 2.29. The van der Waals surface area contributed by atoms with E-state index in [1.807, 2.05) is 36.5 Å². The third-order valence-corrected chi connectivity index (χ3v) is 6.97. The largest absolute Gasteiger partial charge is 0.342 e. The number of hydrogen-bond acceptors (Lipinski definition) is 4. The molecule has 1 saturated carbocycles. The van der Waals surface area contributed by atoms with Crippen LogP contribution in [0.15, 0.2) is 77.5 Å². The maximum atomic E-state index is 13.2. The molecule has 5 nitrogen and oxygen atoms in total. The number of aromatic nitrogens is 2. The van der Waals surface area contributed by atoms with Crippen LogP contribution < -0.4 is 10.7 Å². The van der Waals surface area contributed by atoms with Crippen molar-refractivity contribution in [1.82, 2.24) is 9.55 Å². The number of rotatable bonds is 7. The fraction of sp³-hybridized carbons (Fsp3) is 0.345. The summed E-state index contributed by atoms with van der Waals surface area (Å²) >= 11 is 0. The SMILES string of the molecule is O=C(CCc1cncc2c(=O)cc(NC3=CCCC=C3)n(-c3ccccc3)c12)C1CCCCC1. The van der Waals surface area contributed by atoms with E-state index in [2.05, 4.69) is 33.1 Å². The molecule has 3 aromatic rings. The van der Waals surface area contributed by atoms with Gasteiger partial charge in [0.15, 0.2) is 5.43 Å². The van der Waals surface area contributed by atoms with Gasteiger partial charge in [0, 0.05) is 42.2 Å². The van der Waals surface area contributed by atoms with Crippen molar-refractivity contribution in [2.75, 3.05) is 5.32 Å². The molecule has 2 aliphatic carbocycles. The van der Waals surface area contributed by atoms with Crippen molar-refractivity contribution in [1.29, 1.82) is 0 Å². The van der Waals surface area contributed by atoms with Crippen molar-refractivity contribution in [3.63, 3.8) is 0 Å². The molecule has 1 N–H and O–H groups in total. The number of ketones is 1. The molecule has 34 heavy (non-hydrogen) atoms. The van der Waals surface area contributed by atoms with Gasteiger partial charge in [-0.2, -0.15) is 0 Å². The average Bonchev–Trinajstić information content (AvgIpc) is 2.89. The molecule has 2 aliphatic rings. The number of benzene rings is 1. The lowest BCUT2D eigenvalue weighted by Crippen LogP contribution is -2.19. The molecule has 0 amide bonds. The number of nitrogens with one attached hydrogen (secondary N) is 1. The number of fused-ring (bicyclic) bond motifs is 1. The molecule has 0 spiro atoms. The molecule has 5 rings (SSSR count). The summed E-state index contributed by atoms with van der Waals surface area (Å²) in [6.45, 7) is 0. The second-order valence-corrected chi connectivity index (χ2v) is 9.33. The van der Waals surface area contributed by atoms with Crippen LogP contribution >= 0.6 is 0 Å². The Bertz CT molecular complexity index is 1300. The Morgan fingerprint density at radius 2 is 1.88 bits per heavy atom. The lowest BCUT2D eigenvalue weighted by atomic mass is 9.84. The van der Waals surface area contributed by atoms with E-state index < -0.39 is 0 Å². The van der Waals surface area contributed by atoms with Crippen LogP contribution in [0.4, 0.5) is 5.82 Å². The highest BCUT2D eigenvalue weighted by atomic mass is 16.1. The van der Waals surface area contributed by atoms with Crippen LogP contribution in [-0.2, 0) is 11.2 Å². The monoisotopic (exact) mass is 453 g/mol. The molecule has 0 radical (unpaired) electrons. The first-order valence-corrected chi connectivity index (χ1v) is 12.5. The summed E-state index contributed by atoms with van der Waals surface area (Å²) in [6, 6.07) is 11.7. The quantitative estimate of drug-likeness (QED) is 0.468. The molecule has 0 aliphatic heterocycles. The summed E-state index contributed by atoms with van der Waals surface area (Å²) in [6.07, 6.45) is 18.4. The van der Waals surface area contributed by atoms with Crippen molar-refractivity contribution in [2.45, 2.75) is 57.8 Å². The first-order valence-electron chi connectivity index (χ1n) is 12.5. The van der Waals surface area contributed by atoms with Crippen molar-refractivity contribution >= 4 is 22.5 Å². The Labute approximate surface area is 200 Å². The molecule has 1 fully saturated rings. The van der Waals surface area contributed by atoms with Crippen LogP contribution in [0.1, 0.15) is 56.9 Å². The van der Waals surface area contributed by atoms with Crippen LogP contribution in [0, 0.1) is 5.92 Å². The lowest BCUT2D eigenvalue weighted by molar-refractivity contribution is -0.123. The summed E-state index contributed by atoms with van der Waals surface area (Å²) in [5.74, 6) is 1.25. The topological polar surface area (TPSA) is 64.0 Å². The Hall–Kier alpha value is -3.47. The van der Waals surface area contributed by atoms with E-state index in [0.29, 0.717) is 29.8 Å². The summed E-state index contributed by atoms with van der Waals surface area (Å²) in [7, 11) is 0. The first-order chi connectivity index (χ1) is 16.7. The fourth-order valence-corrected chi connectivity index (χ4v) is 5.19. The second-order valence-electron chi connectivity index (χ2n) is 9.33. The van der Waals surface area contributed by atoms with Gasteiger partial charge in [-0.1, -0.05) is 49.6 Å². The molecular formula is C29H31N3O2. The highest BCUT2D eigenvalue weighted by molar-refractivity contribution is 5.87. The van der Waals surface area contributed by atoms with Gasteiger partial charge in [0.05, 0.1) is 10.9 Å². The van der Waals surface area contributed by atoms with Gasteiger partial charge in [-0.05, 0) is 55.9 Å². The molecule has 5 heteroatoms. The molecule has 0 bridgehead atoms. The van der Waals surface area contributed by atoms with Gasteiger partial charge in [0.2, 0.25) is 0 Å². The van der Waals surface area contributed by atoms with Gasteiger partial charge < -0.3 is 5.32 Å². The first kappa shape index (κ1) is 22.3. The van der Waals surface area contributed by atoms with Crippen LogP contribution in [0.5, 0.6) is 0 Å². The molecule has 2 heterocycles. The number of hydrogen-bond donors (Lipinski definition) is 1. The summed E-state index contributed by atoms with van der Waals surface area (Å²) in [5, 5.41) is 4.05. The van der Waals surface area contributed by atoms with Gasteiger partial charge >= 0.3 is 0 Å². The molecule has 1 aromatic carbocycles. The van der Waals surface area contributed by atoms with E-state index in [1.165, 1.54) is 6.42 Å². The number of anilines is 1. The van der Waals surface area contributed by atoms with E-state index >= 15 is 0 Å². The lowest BCUT2D eigenvalue weighted by Gasteiger charge is -2.22.